The molecule has 2 nitrogen and oxygen atoms in total. The molecule has 0 bridgehead atoms. The van der Waals surface area contributed by atoms with Gasteiger partial charge >= 0.3 is 6.18 Å². The Morgan fingerprint density at radius 2 is 1.68 bits per heavy atom. The second-order valence-corrected chi connectivity index (χ2v) is 6.79. The first-order valence-corrected chi connectivity index (χ1v) is 8.62. The van der Waals surface area contributed by atoms with Gasteiger partial charge in [0.1, 0.15) is 7.05 Å². The van der Waals surface area contributed by atoms with Gasteiger partial charge in [-0.3, -0.25) is 0 Å². The molecule has 2 heterocycles. The van der Waals surface area contributed by atoms with E-state index in [4.69, 9.17) is 0 Å². The van der Waals surface area contributed by atoms with E-state index in [1.165, 1.54) is 31.4 Å². The van der Waals surface area contributed by atoms with Crippen molar-refractivity contribution in [2.24, 2.45) is 7.05 Å². The lowest BCUT2D eigenvalue weighted by atomic mass is 10.0. The summed E-state index contributed by atoms with van der Waals surface area (Å²) >= 11 is 0. The van der Waals surface area contributed by atoms with Gasteiger partial charge in [-0.15, -0.1) is 0 Å². The van der Waals surface area contributed by atoms with Crippen molar-refractivity contribution in [1.82, 2.24) is 0 Å². The molecule has 4 rings (SSSR count). The topological polar surface area (TPSA) is 7.12 Å². The summed E-state index contributed by atoms with van der Waals surface area (Å²) in [5, 5.41) is 2.90. The molecule has 130 valence electrons. The lowest BCUT2D eigenvalue weighted by molar-refractivity contribution is -0.643. The summed E-state index contributed by atoms with van der Waals surface area (Å²) in [5.41, 5.74) is 1.14. The maximum Gasteiger partial charge on any atom is 0.416 e. The number of anilines is 1. The number of aryl methyl sites for hydroxylation is 1. The van der Waals surface area contributed by atoms with E-state index < -0.39 is 11.7 Å². The minimum Gasteiger partial charge on any atom is -0.372 e. The average molecular weight is 345 g/mol. The zero-order chi connectivity index (χ0) is 17.6. The first-order chi connectivity index (χ1) is 11.9. The number of nitrogens with zero attached hydrogens (tertiary/aromatic N) is 2. The van der Waals surface area contributed by atoms with Gasteiger partial charge in [-0.1, -0.05) is 0 Å². The Labute approximate surface area is 144 Å². The molecule has 25 heavy (non-hydrogen) atoms. The molecule has 1 saturated heterocycles. The fraction of sp³-hybridized carbons (Fsp3) is 0.350. The van der Waals surface area contributed by atoms with Crippen molar-refractivity contribution in [3.8, 4) is 0 Å². The fourth-order valence-electron chi connectivity index (χ4n) is 3.74. The predicted molar refractivity (Wildman–Crippen MR) is 93.7 cm³/mol. The van der Waals surface area contributed by atoms with Gasteiger partial charge in [0, 0.05) is 35.6 Å². The normalized spacial score (nSPS) is 15.9. The zero-order valence-corrected chi connectivity index (χ0v) is 14.1. The van der Waals surface area contributed by atoms with Gasteiger partial charge in [-0.25, -0.2) is 4.57 Å². The predicted octanol–water partition coefficient (Wildman–Crippen LogP) is 4.83. The molecule has 0 radical (unpaired) electrons. The number of hydrogen-bond acceptors (Lipinski definition) is 1. The SMILES string of the molecule is C[n+]1cc2ccc(N3CCCCC3)cc2c2ccc(C(F)(F)F)cc21. The summed E-state index contributed by atoms with van der Waals surface area (Å²) in [6.07, 6.45) is 1.22. The molecule has 3 aromatic rings. The highest BCUT2D eigenvalue weighted by atomic mass is 19.4. The zero-order valence-electron chi connectivity index (χ0n) is 14.1. The molecule has 0 spiro atoms. The van der Waals surface area contributed by atoms with Gasteiger partial charge in [0.05, 0.1) is 10.9 Å². The molecule has 0 amide bonds. The molecule has 0 saturated carbocycles. The van der Waals surface area contributed by atoms with Crippen LogP contribution >= 0.6 is 0 Å². The number of fused-ring (bicyclic) bond motifs is 3. The van der Waals surface area contributed by atoms with E-state index in [0.717, 1.165) is 34.9 Å². The Balaban J connectivity index is 1.91. The molecular formula is C20H20F3N2+. The molecule has 0 N–H and O–H groups in total. The van der Waals surface area contributed by atoms with Crippen molar-refractivity contribution in [1.29, 1.82) is 0 Å². The number of pyridine rings is 1. The van der Waals surface area contributed by atoms with E-state index in [1.54, 1.807) is 17.7 Å². The van der Waals surface area contributed by atoms with Crippen LogP contribution < -0.4 is 9.47 Å². The number of piperidine rings is 1. The van der Waals surface area contributed by atoms with Crippen molar-refractivity contribution in [2.75, 3.05) is 18.0 Å². The maximum atomic E-state index is 13.1. The molecular weight excluding hydrogens is 325 g/mol. The highest BCUT2D eigenvalue weighted by molar-refractivity contribution is 6.05. The van der Waals surface area contributed by atoms with Gasteiger partial charge in [-0.2, -0.15) is 13.2 Å². The molecule has 2 aromatic carbocycles. The van der Waals surface area contributed by atoms with E-state index in [9.17, 15) is 13.2 Å². The first-order valence-electron chi connectivity index (χ1n) is 8.62. The van der Waals surface area contributed by atoms with E-state index >= 15 is 0 Å². The Kier molecular flexibility index (Phi) is 3.82. The third-order valence-corrected chi connectivity index (χ3v) is 5.09. The molecule has 0 atom stereocenters. The van der Waals surface area contributed by atoms with Gasteiger partial charge in [0.25, 0.3) is 0 Å². The van der Waals surface area contributed by atoms with Crippen LogP contribution in [-0.4, -0.2) is 13.1 Å². The lowest BCUT2D eigenvalue weighted by Gasteiger charge is -2.29. The molecule has 1 fully saturated rings. The smallest absolute Gasteiger partial charge is 0.372 e. The van der Waals surface area contributed by atoms with Crippen LogP contribution in [0.1, 0.15) is 24.8 Å². The van der Waals surface area contributed by atoms with Crippen molar-refractivity contribution in [3.63, 3.8) is 0 Å². The Bertz CT molecular complexity index is 941. The second-order valence-electron chi connectivity index (χ2n) is 6.79. The second kappa shape index (κ2) is 5.90. The summed E-state index contributed by atoms with van der Waals surface area (Å²) in [4.78, 5) is 2.37. The lowest BCUT2D eigenvalue weighted by Crippen LogP contribution is -2.30. The van der Waals surface area contributed by atoms with Crippen molar-refractivity contribution in [3.05, 3.63) is 48.2 Å². The standard InChI is InChI=1S/C20H20F3N2/c1-24-13-14-5-7-16(25-9-3-2-4-10-25)12-18(14)17-8-6-15(11-19(17)24)20(21,22)23/h5-8,11-13H,2-4,9-10H2,1H3/q+1. The summed E-state index contributed by atoms with van der Waals surface area (Å²) in [7, 11) is 1.79. The maximum absolute atomic E-state index is 13.1. The number of benzene rings is 2. The third-order valence-electron chi connectivity index (χ3n) is 5.09. The monoisotopic (exact) mass is 345 g/mol. The van der Waals surface area contributed by atoms with Crippen molar-refractivity contribution < 1.29 is 17.7 Å². The summed E-state index contributed by atoms with van der Waals surface area (Å²) < 4.78 is 40.9. The largest absolute Gasteiger partial charge is 0.416 e. The van der Waals surface area contributed by atoms with E-state index in [0.29, 0.717) is 5.52 Å². The Hall–Kier alpha value is -2.30. The number of alkyl halides is 3. The van der Waals surface area contributed by atoms with E-state index in [2.05, 4.69) is 23.1 Å². The molecule has 0 aliphatic carbocycles. The van der Waals surface area contributed by atoms with Crippen molar-refractivity contribution >= 4 is 27.4 Å². The number of rotatable bonds is 1. The summed E-state index contributed by atoms with van der Waals surface area (Å²) in [6.45, 7) is 2.09. The quantitative estimate of drug-likeness (QED) is 0.453. The number of halogens is 3. The molecule has 1 aromatic heterocycles. The van der Waals surface area contributed by atoms with Gasteiger partial charge in [0.2, 0.25) is 5.52 Å². The fourth-order valence-corrected chi connectivity index (χ4v) is 3.74. The highest BCUT2D eigenvalue weighted by Crippen LogP contribution is 2.33. The summed E-state index contributed by atoms with van der Waals surface area (Å²) in [5.74, 6) is 0. The van der Waals surface area contributed by atoms with Crippen LogP contribution in [-0.2, 0) is 13.2 Å². The highest BCUT2D eigenvalue weighted by Gasteiger charge is 2.31. The molecule has 1 aliphatic heterocycles. The van der Waals surface area contributed by atoms with Crippen LogP contribution in [0.5, 0.6) is 0 Å². The van der Waals surface area contributed by atoms with Crippen LogP contribution in [0.15, 0.2) is 42.6 Å². The molecule has 0 unspecified atom stereocenters. The van der Waals surface area contributed by atoms with Crippen LogP contribution in [0.4, 0.5) is 18.9 Å². The minimum absolute atomic E-state index is 0.595. The Morgan fingerprint density at radius 1 is 0.920 bits per heavy atom. The summed E-state index contributed by atoms with van der Waals surface area (Å²) in [6, 6.07) is 10.3. The third kappa shape index (κ3) is 2.92. The van der Waals surface area contributed by atoms with Gasteiger partial charge in [-0.05, 0) is 49.6 Å². The van der Waals surface area contributed by atoms with Gasteiger partial charge in [0.15, 0.2) is 6.20 Å². The van der Waals surface area contributed by atoms with Crippen molar-refractivity contribution in [2.45, 2.75) is 25.4 Å². The minimum atomic E-state index is -4.33. The van der Waals surface area contributed by atoms with E-state index in [-0.39, 0.29) is 0 Å². The molecule has 5 heteroatoms. The average Bonchev–Trinajstić information content (AvgIpc) is 2.61. The Morgan fingerprint density at radius 3 is 2.40 bits per heavy atom. The van der Waals surface area contributed by atoms with Crippen LogP contribution in [0, 0.1) is 0 Å². The molecule has 1 aliphatic rings. The number of aromatic nitrogens is 1. The first kappa shape index (κ1) is 16.2. The van der Waals surface area contributed by atoms with E-state index in [1.807, 2.05) is 6.20 Å². The van der Waals surface area contributed by atoms with Crippen LogP contribution in [0.3, 0.4) is 0 Å². The number of hydrogen-bond donors (Lipinski definition) is 0. The van der Waals surface area contributed by atoms with Gasteiger partial charge < -0.3 is 4.90 Å². The van der Waals surface area contributed by atoms with Crippen LogP contribution in [0.25, 0.3) is 21.7 Å². The van der Waals surface area contributed by atoms with Crippen LogP contribution in [0.2, 0.25) is 0 Å².